The second kappa shape index (κ2) is 4.26. The van der Waals surface area contributed by atoms with Crippen LogP contribution in [-0.4, -0.2) is 23.8 Å². The summed E-state index contributed by atoms with van der Waals surface area (Å²) in [6, 6.07) is 10.6. The minimum atomic E-state index is 0.0486. The molecule has 0 radical (unpaired) electrons. The van der Waals surface area contributed by atoms with E-state index in [1.807, 2.05) is 0 Å². The predicted molar refractivity (Wildman–Crippen MR) is 67.6 cm³/mol. The van der Waals surface area contributed by atoms with Crippen molar-refractivity contribution in [1.29, 1.82) is 0 Å². The van der Waals surface area contributed by atoms with Crippen molar-refractivity contribution >= 4 is 5.78 Å². The Labute approximate surface area is 103 Å². The van der Waals surface area contributed by atoms with E-state index in [0.29, 0.717) is 5.78 Å². The monoisotopic (exact) mass is 229 g/mol. The molecule has 1 spiro atoms. The lowest BCUT2D eigenvalue weighted by Crippen LogP contribution is -2.52. The van der Waals surface area contributed by atoms with Gasteiger partial charge in [0.05, 0.1) is 0 Å². The van der Waals surface area contributed by atoms with Crippen LogP contribution in [0.25, 0.3) is 0 Å². The molecule has 1 saturated carbocycles. The lowest BCUT2D eigenvalue weighted by Gasteiger charge is -2.47. The van der Waals surface area contributed by atoms with Crippen molar-refractivity contribution in [2.75, 3.05) is 13.1 Å². The van der Waals surface area contributed by atoms with E-state index in [0.717, 1.165) is 38.9 Å². The van der Waals surface area contributed by atoms with Crippen molar-refractivity contribution in [2.24, 2.45) is 5.41 Å². The van der Waals surface area contributed by atoms with Crippen molar-refractivity contribution < 1.29 is 4.79 Å². The average Bonchev–Trinajstić information content (AvgIpc) is 2.31. The highest BCUT2D eigenvalue weighted by atomic mass is 16.1. The van der Waals surface area contributed by atoms with Gasteiger partial charge in [-0.05, 0) is 18.4 Å². The molecule has 1 aromatic rings. The quantitative estimate of drug-likeness (QED) is 0.777. The molecule has 1 heterocycles. The molecule has 2 aliphatic rings. The number of carbonyl (C=O) groups is 1. The first-order valence-corrected chi connectivity index (χ1v) is 6.58. The Kier molecular flexibility index (Phi) is 2.75. The number of rotatable bonds is 2. The maximum Gasteiger partial charge on any atom is 0.141 e. The molecule has 0 N–H and O–H groups in total. The molecule has 0 amide bonds. The number of hydrogen-bond donors (Lipinski definition) is 0. The average molecular weight is 229 g/mol. The van der Waals surface area contributed by atoms with Crippen molar-refractivity contribution in [1.82, 2.24) is 4.90 Å². The summed E-state index contributed by atoms with van der Waals surface area (Å²) in [7, 11) is 0. The van der Waals surface area contributed by atoms with Crippen LogP contribution >= 0.6 is 0 Å². The first kappa shape index (κ1) is 11.0. The molecule has 3 rings (SSSR count). The summed E-state index contributed by atoms with van der Waals surface area (Å²) in [5, 5.41) is 0. The molecule has 0 unspecified atom stereocenters. The van der Waals surface area contributed by atoms with Crippen LogP contribution in [0.3, 0.4) is 0 Å². The summed E-state index contributed by atoms with van der Waals surface area (Å²) in [6.45, 7) is 2.92. The number of nitrogens with zero attached hydrogens (tertiary/aromatic N) is 1. The summed E-state index contributed by atoms with van der Waals surface area (Å²) in [6.07, 6.45) is 4.24. The van der Waals surface area contributed by atoms with Crippen LogP contribution in [0.4, 0.5) is 0 Å². The second-order valence-electron chi connectivity index (χ2n) is 5.50. The molecule has 2 fully saturated rings. The van der Waals surface area contributed by atoms with E-state index in [1.165, 1.54) is 12.0 Å². The molecule has 1 aliphatic heterocycles. The van der Waals surface area contributed by atoms with Gasteiger partial charge in [0.15, 0.2) is 0 Å². The third kappa shape index (κ3) is 2.02. The Morgan fingerprint density at radius 1 is 1.18 bits per heavy atom. The Morgan fingerprint density at radius 3 is 2.59 bits per heavy atom. The molecule has 2 heteroatoms. The zero-order valence-corrected chi connectivity index (χ0v) is 10.2. The first-order valence-electron chi connectivity index (χ1n) is 6.58. The third-order valence-electron chi connectivity index (χ3n) is 4.33. The predicted octanol–water partition coefficient (Wildman–Crippen LogP) is 2.63. The molecule has 1 saturated heterocycles. The van der Waals surface area contributed by atoms with Gasteiger partial charge in [-0.3, -0.25) is 9.69 Å². The number of piperidine rings is 1. The molecule has 1 aliphatic carbocycles. The second-order valence-corrected chi connectivity index (χ2v) is 5.50. The number of Topliss-reactive ketones (excluding diaryl/α,β-unsaturated/α-hetero) is 1. The van der Waals surface area contributed by atoms with Gasteiger partial charge in [-0.1, -0.05) is 36.8 Å². The molecular weight excluding hydrogens is 210 g/mol. The van der Waals surface area contributed by atoms with Crippen molar-refractivity contribution in [2.45, 2.75) is 32.2 Å². The van der Waals surface area contributed by atoms with Crippen LogP contribution in [0.1, 0.15) is 31.2 Å². The van der Waals surface area contributed by atoms with E-state index < -0.39 is 0 Å². The van der Waals surface area contributed by atoms with Crippen LogP contribution in [-0.2, 0) is 11.3 Å². The summed E-state index contributed by atoms with van der Waals surface area (Å²) in [5.41, 5.74) is 1.41. The molecule has 2 nitrogen and oxygen atoms in total. The highest BCUT2D eigenvalue weighted by Gasteiger charge is 2.46. The lowest BCUT2D eigenvalue weighted by molar-refractivity contribution is -0.140. The van der Waals surface area contributed by atoms with Crippen LogP contribution in [0, 0.1) is 5.41 Å². The van der Waals surface area contributed by atoms with Gasteiger partial charge in [-0.2, -0.15) is 0 Å². The fourth-order valence-corrected chi connectivity index (χ4v) is 3.14. The summed E-state index contributed by atoms with van der Waals surface area (Å²) >= 11 is 0. The molecule has 1 aromatic carbocycles. The van der Waals surface area contributed by atoms with Crippen LogP contribution in [0.2, 0.25) is 0 Å². The SMILES string of the molecule is O=C1CCN(Cc2ccccc2)CC12CCC2. The van der Waals surface area contributed by atoms with Gasteiger partial charge >= 0.3 is 0 Å². The zero-order valence-electron chi connectivity index (χ0n) is 10.2. The Morgan fingerprint density at radius 2 is 1.94 bits per heavy atom. The van der Waals surface area contributed by atoms with E-state index in [2.05, 4.69) is 35.2 Å². The van der Waals surface area contributed by atoms with Gasteiger partial charge in [0.2, 0.25) is 0 Å². The molecule has 17 heavy (non-hydrogen) atoms. The van der Waals surface area contributed by atoms with Gasteiger partial charge in [0.25, 0.3) is 0 Å². The Hall–Kier alpha value is -1.15. The fraction of sp³-hybridized carbons (Fsp3) is 0.533. The molecule has 0 aromatic heterocycles. The molecule has 0 bridgehead atoms. The largest absolute Gasteiger partial charge is 0.299 e. The highest BCUT2D eigenvalue weighted by molar-refractivity contribution is 5.86. The minimum Gasteiger partial charge on any atom is -0.299 e. The number of hydrogen-bond acceptors (Lipinski definition) is 2. The standard InChI is InChI=1S/C15H19NO/c17-14-7-10-16(12-15(14)8-4-9-15)11-13-5-2-1-3-6-13/h1-3,5-6H,4,7-12H2. The van der Waals surface area contributed by atoms with E-state index in [1.54, 1.807) is 0 Å². The normalized spacial score (nSPS) is 23.6. The van der Waals surface area contributed by atoms with Crippen molar-refractivity contribution in [3.63, 3.8) is 0 Å². The minimum absolute atomic E-state index is 0.0486. The maximum absolute atomic E-state index is 12.0. The Balaban J connectivity index is 1.67. The van der Waals surface area contributed by atoms with Gasteiger partial charge in [-0.25, -0.2) is 0 Å². The van der Waals surface area contributed by atoms with E-state index in [-0.39, 0.29) is 5.41 Å². The van der Waals surface area contributed by atoms with E-state index in [4.69, 9.17) is 0 Å². The fourth-order valence-electron chi connectivity index (χ4n) is 3.14. The maximum atomic E-state index is 12.0. The number of benzene rings is 1. The zero-order chi connectivity index (χ0) is 11.7. The van der Waals surface area contributed by atoms with E-state index in [9.17, 15) is 4.79 Å². The van der Waals surface area contributed by atoms with Crippen LogP contribution in [0.5, 0.6) is 0 Å². The number of ketones is 1. The first-order chi connectivity index (χ1) is 8.28. The highest BCUT2D eigenvalue weighted by Crippen LogP contribution is 2.45. The van der Waals surface area contributed by atoms with Gasteiger partial charge in [0, 0.05) is 31.5 Å². The smallest absolute Gasteiger partial charge is 0.141 e. The topological polar surface area (TPSA) is 20.3 Å². The van der Waals surface area contributed by atoms with Crippen molar-refractivity contribution in [3.8, 4) is 0 Å². The van der Waals surface area contributed by atoms with Gasteiger partial charge in [-0.15, -0.1) is 0 Å². The van der Waals surface area contributed by atoms with Crippen LogP contribution < -0.4 is 0 Å². The van der Waals surface area contributed by atoms with E-state index >= 15 is 0 Å². The summed E-state index contributed by atoms with van der Waals surface area (Å²) < 4.78 is 0. The summed E-state index contributed by atoms with van der Waals surface area (Å²) in [4.78, 5) is 14.4. The molecule has 90 valence electrons. The van der Waals surface area contributed by atoms with Crippen LogP contribution in [0.15, 0.2) is 30.3 Å². The number of carbonyl (C=O) groups excluding carboxylic acids is 1. The van der Waals surface area contributed by atoms with Crippen molar-refractivity contribution in [3.05, 3.63) is 35.9 Å². The lowest BCUT2D eigenvalue weighted by atomic mass is 9.63. The van der Waals surface area contributed by atoms with Gasteiger partial charge in [0.1, 0.15) is 5.78 Å². The summed E-state index contributed by atoms with van der Waals surface area (Å²) in [5.74, 6) is 0.521. The molecular formula is C15H19NO. The number of likely N-dealkylation sites (tertiary alicyclic amines) is 1. The molecule has 0 atom stereocenters. The van der Waals surface area contributed by atoms with Gasteiger partial charge < -0.3 is 0 Å². The third-order valence-corrected chi connectivity index (χ3v) is 4.33. The Bertz CT molecular complexity index is 408.